The van der Waals surface area contributed by atoms with Crippen LogP contribution in [0.2, 0.25) is 5.02 Å². The van der Waals surface area contributed by atoms with Crippen molar-refractivity contribution >= 4 is 46.3 Å². The van der Waals surface area contributed by atoms with Crippen LogP contribution in [0.1, 0.15) is 39.0 Å². The Labute approximate surface area is 163 Å². The van der Waals surface area contributed by atoms with E-state index in [1.165, 1.54) is 0 Å². The number of hydrogen-bond acceptors (Lipinski definition) is 3. The molecule has 4 N–H and O–H groups in total. The molecule has 1 aromatic rings. The first-order chi connectivity index (χ1) is 12.3. The van der Waals surface area contributed by atoms with E-state index in [0.717, 1.165) is 32.1 Å². The Hall–Kier alpha value is -1.92. The average Bonchev–Trinajstić information content (AvgIpc) is 2.56. The Kier molecular flexibility index (Phi) is 5.34. The lowest BCUT2D eigenvalue weighted by molar-refractivity contribution is -0.124. The molecule has 5 nitrogen and oxygen atoms in total. The second kappa shape index (κ2) is 7.37. The van der Waals surface area contributed by atoms with Crippen molar-refractivity contribution in [2.24, 2.45) is 17.1 Å². The van der Waals surface area contributed by atoms with Crippen molar-refractivity contribution in [3.05, 3.63) is 40.6 Å². The van der Waals surface area contributed by atoms with Crippen LogP contribution in [0, 0.1) is 11.3 Å². The van der Waals surface area contributed by atoms with Crippen molar-refractivity contribution in [1.82, 2.24) is 5.32 Å². The van der Waals surface area contributed by atoms with Crippen molar-refractivity contribution < 1.29 is 9.59 Å². The van der Waals surface area contributed by atoms with E-state index in [4.69, 9.17) is 29.6 Å². The van der Waals surface area contributed by atoms with Crippen molar-refractivity contribution in [2.45, 2.75) is 39.0 Å². The fourth-order valence-corrected chi connectivity index (χ4v) is 4.96. The molecule has 3 rings (SSSR count). The number of nitrogens with two attached hydrogens (primary N) is 1. The van der Waals surface area contributed by atoms with Crippen molar-refractivity contribution in [1.29, 1.82) is 0 Å². The fraction of sp³-hybridized carbons (Fsp3) is 0.421. The van der Waals surface area contributed by atoms with Gasteiger partial charge in [0.05, 0.1) is 10.9 Å². The number of rotatable bonds is 3. The summed E-state index contributed by atoms with van der Waals surface area (Å²) in [5.41, 5.74) is 7.00. The zero-order valence-corrected chi connectivity index (χ0v) is 16.2. The zero-order chi connectivity index (χ0) is 18.9. The molecular formula is C19H22ClN3O2S. The van der Waals surface area contributed by atoms with Gasteiger partial charge in [0.25, 0.3) is 5.91 Å². The number of thiocarbonyl (C=S) groups is 1. The molecule has 1 aliphatic carbocycles. The summed E-state index contributed by atoms with van der Waals surface area (Å²) < 4.78 is 0. The van der Waals surface area contributed by atoms with E-state index in [9.17, 15) is 9.59 Å². The van der Waals surface area contributed by atoms with Crippen molar-refractivity contribution in [3.8, 4) is 0 Å². The van der Waals surface area contributed by atoms with E-state index >= 15 is 0 Å². The molecule has 26 heavy (non-hydrogen) atoms. The third-order valence-corrected chi connectivity index (χ3v) is 5.95. The molecule has 2 amide bonds. The Bertz CT molecular complexity index is 782. The minimum absolute atomic E-state index is 0.229. The van der Waals surface area contributed by atoms with Gasteiger partial charge in [-0.05, 0) is 44.0 Å². The van der Waals surface area contributed by atoms with Gasteiger partial charge in [-0.3, -0.25) is 9.59 Å². The summed E-state index contributed by atoms with van der Waals surface area (Å²) in [6.45, 7) is 1.83. The standard InChI is InChI=1S/C19H22ClN3O2S/c1-11-14(17(25)23-13-7-5-12(20)6-8-13)19(9-3-2-4-10-19)15(16(21)24)18(26)22-11/h5-8,15H,2-4,9-10H2,1H3,(H2,21,24)(H,22,26)(H,23,25)/t15-/m0/s1. The predicted octanol–water partition coefficient (Wildman–Crippen LogP) is 3.54. The quantitative estimate of drug-likeness (QED) is 0.688. The van der Waals surface area contributed by atoms with Gasteiger partial charge in [-0.15, -0.1) is 0 Å². The SMILES string of the molecule is CC1=C(C(=O)Nc2ccc(Cl)cc2)C2(CCCCC2)[C@@H](C(N)=O)C(=S)N1. The number of amides is 2. The molecule has 0 radical (unpaired) electrons. The van der Waals surface area contributed by atoms with Crippen molar-refractivity contribution in [3.63, 3.8) is 0 Å². The third-order valence-electron chi connectivity index (χ3n) is 5.36. The molecule has 0 bridgehead atoms. The van der Waals surface area contributed by atoms with Gasteiger partial charge in [0.15, 0.2) is 0 Å². The van der Waals surface area contributed by atoms with Crippen LogP contribution in [0.25, 0.3) is 0 Å². The van der Waals surface area contributed by atoms with Crippen LogP contribution in [0.4, 0.5) is 5.69 Å². The van der Waals surface area contributed by atoms with E-state index in [1.807, 2.05) is 6.92 Å². The molecule has 2 aliphatic rings. The summed E-state index contributed by atoms with van der Waals surface area (Å²) in [7, 11) is 0. The van der Waals surface area contributed by atoms with Gasteiger partial charge in [-0.2, -0.15) is 0 Å². The summed E-state index contributed by atoms with van der Waals surface area (Å²) in [6, 6.07) is 6.93. The van der Waals surface area contributed by atoms with E-state index < -0.39 is 17.2 Å². The number of carbonyl (C=O) groups excluding carboxylic acids is 2. The number of halogens is 1. The lowest BCUT2D eigenvalue weighted by Crippen LogP contribution is -2.55. The maximum atomic E-state index is 13.2. The Balaban J connectivity index is 2.01. The summed E-state index contributed by atoms with van der Waals surface area (Å²) in [6.07, 6.45) is 4.42. The van der Waals surface area contributed by atoms with Gasteiger partial charge in [0.2, 0.25) is 5.91 Å². The van der Waals surface area contributed by atoms with Crippen LogP contribution in [0.5, 0.6) is 0 Å². The van der Waals surface area contributed by atoms with Crippen LogP contribution in [0.3, 0.4) is 0 Å². The molecule has 0 unspecified atom stereocenters. The average molecular weight is 392 g/mol. The fourth-order valence-electron chi connectivity index (χ4n) is 4.33. The molecule has 0 aromatic heterocycles. The maximum Gasteiger partial charge on any atom is 0.253 e. The molecule has 1 spiro atoms. The van der Waals surface area contributed by atoms with E-state index in [0.29, 0.717) is 27.0 Å². The molecule has 138 valence electrons. The topological polar surface area (TPSA) is 84.2 Å². The number of primary amides is 1. The first-order valence-corrected chi connectivity index (χ1v) is 9.52. The zero-order valence-electron chi connectivity index (χ0n) is 14.6. The Morgan fingerprint density at radius 2 is 1.85 bits per heavy atom. The highest BCUT2D eigenvalue weighted by Gasteiger charge is 2.52. The van der Waals surface area contributed by atoms with Gasteiger partial charge in [-0.25, -0.2) is 0 Å². The van der Waals surface area contributed by atoms with Gasteiger partial charge in [0.1, 0.15) is 0 Å². The Morgan fingerprint density at radius 1 is 1.23 bits per heavy atom. The maximum absolute atomic E-state index is 13.2. The summed E-state index contributed by atoms with van der Waals surface area (Å²) in [5, 5.41) is 6.56. The Morgan fingerprint density at radius 3 is 2.42 bits per heavy atom. The third kappa shape index (κ3) is 3.35. The van der Waals surface area contributed by atoms with Crippen LogP contribution in [-0.4, -0.2) is 16.8 Å². The molecule has 7 heteroatoms. The van der Waals surface area contributed by atoms with Crippen LogP contribution < -0.4 is 16.4 Å². The first kappa shape index (κ1) is 18.9. The lowest BCUT2D eigenvalue weighted by Gasteiger charge is -2.47. The van der Waals surface area contributed by atoms with Crippen LogP contribution in [-0.2, 0) is 9.59 Å². The second-order valence-corrected chi connectivity index (χ2v) is 7.88. The molecule has 1 aliphatic heterocycles. The van der Waals surface area contributed by atoms with Gasteiger partial charge < -0.3 is 16.4 Å². The smallest absolute Gasteiger partial charge is 0.253 e. The number of benzene rings is 1. The molecule has 1 aromatic carbocycles. The highest BCUT2D eigenvalue weighted by Crippen LogP contribution is 2.51. The summed E-state index contributed by atoms with van der Waals surface area (Å²) in [4.78, 5) is 25.8. The number of hydrogen-bond donors (Lipinski definition) is 3. The minimum atomic E-state index is -0.660. The summed E-state index contributed by atoms with van der Waals surface area (Å²) in [5.74, 6) is -1.37. The van der Waals surface area contributed by atoms with Gasteiger partial charge >= 0.3 is 0 Å². The lowest BCUT2D eigenvalue weighted by atomic mass is 9.59. The molecule has 0 saturated heterocycles. The number of carbonyl (C=O) groups is 2. The van der Waals surface area contributed by atoms with Crippen LogP contribution in [0.15, 0.2) is 35.5 Å². The highest BCUT2D eigenvalue weighted by atomic mass is 35.5. The number of allylic oxidation sites excluding steroid dienone is 1. The predicted molar refractivity (Wildman–Crippen MR) is 107 cm³/mol. The van der Waals surface area contributed by atoms with Crippen LogP contribution >= 0.6 is 23.8 Å². The normalized spacial score (nSPS) is 22.1. The first-order valence-electron chi connectivity index (χ1n) is 8.73. The molecular weight excluding hydrogens is 370 g/mol. The van der Waals surface area contributed by atoms with Gasteiger partial charge in [0, 0.05) is 27.4 Å². The number of nitrogens with one attached hydrogen (secondary N) is 2. The molecule has 1 heterocycles. The molecule has 1 atom stereocenters. The van der Waals surface area contributed by atoms with Gasteiger partial charge in [-0.1, -0.05) is 43.1 Å². The van der Waals surface area contributed by atoms with Crippen molar-refractivity contribution in [2.75, 3.05) is 5.32 Å². The number of anilines is 1. The van der Waals surface area contributed by atoms with E-state index in [-0.39, 0.29) is 5.91 Å². The van der Waals surface area contributed by atoms with E-state index in [1.54, 1.807) is 24.3 Å². The monoisotopic (exact) mass is 391 g/mol. The highest BCUT2D eigenvalue weighted by molar-refractivity contribution is 7.80. The molecule has 1 fully saturated rings. The molecule has 1 saturated carbocycles. The summed E-state index contributed by atoms with van der Waals surface area (Å²) >= 11 is 11.3. The second-order valence-electron chi connectivity index (χ2n) is 7.00. The largest absolute Gasteiger partial charge is 0.369 e. The van der Waals surface area contributed by atoms with E-state index in [2.05, 4.69) is 10.6 Å². The minimum Gasteiger partial charge on any atom is -0.369 e.